The Labute approximate surface area is 486 Å². The molecule has 0 unspecified atom stereocenters. The fraction of sp³-hybridized carbons (Fsp3) is 1.00. The third kappa shape index (κ3) is 71.5. The van der Waals surface area contributed by atoms with Gasteiger partial charge in [0, 0.05) is 42.1 Å². The molecule has 0 saturated heterocycles. The van der Waals surface area contributed by atoms with Crippen LogP contribution in [0, 0.1) is 0 Å². The van der Waals surface area contributed by atoms with Crippen molar-refractivity contribution in [3.8, 4) is 0 Å². The molecule has 0 aliphatic carbocycles. The van der Waals surface area contributed by atoms with Crippen molar-refractivity contribution in [3.63, 3.8) is 0 Å². The van der Waals surface area contributed by atoms with E-state index in [1.54, 1.807) is 0 Å². The van der Waals surface area contributed by atoms with Crippen LogP contribution in [0.3, 0.4) is 0 Å². The summed E-state index contributed by atoms with van der Waals surface area (Å²) in [6.45, 7) is 65.7. The van der Waals surface area contributed by atoms with E-state index in [-0.39, 0.29) is 64.0 Å². The molecule has 0 aliphatic rings. The minimum atomic E-state index is -3.91. The molecule has 0 aromatic carbocycles. The van der Waals surface area contributed by atoms with Crippen LogP contribution >= 0.6 is 0 Å². The van der Waals surface area contributed by atoms with Crippen LogP contribution in [-0.2, 0) is 117 Å². The van der Waals surface area contributed by atoms with Gasteiger partial charge in [0.2, 0.25) is 0 Å². The second-order valence-corrected chi connectivity index (χ2v) is 35.0. The van der Waals surface area contributed by atoms with Gasteiger partial charge in [-0.1, -0.05) is 0 Å². The van der Waals surface area contributed by atoms with Gasteiger partial charge >= 0.3 is 36.2 Å². The molecule has 0 aromatic rings. The summed E-state index contributed by atoms with van der Waals surface area (Å²) in [5.74, 6) is 0. The topological polar surface area (TPSA) is 317 Å². The summed E-state index contributed by atoms with van der Waals surface area (Å²) in [4.78, 5) is 50.5. The van der Waals surface area contributed by atoms with E-state index >= 15 is 0 Å². The van der Waals surface area contributed by atoms with E-state index in [0.29, 0.717) is 0 Å². The Hall–Kier alpha value is 1.44. The summed E-state index contributed by atoms with van der Waals surface area (Å²) in [6.07, 6.45) is 0. The molecule has 0 radical (unpaired) electrons. The van der Waals surface area contributed by atoms with Gasteiger partial charge in [-0.3, -0.25) is 0 Å². The van der Waals surface area contributed by atoms with Gasteiger partial charge in [-0.05, 0) is 249 Å². The van der Waals surface area contributed by atoms with Gasteiger partial charge in [0.05, 0.1) is 67.2 Å². The molecule has 0 spiro atoms. The van der Waals surface area contributed by atoms with Crippen LogP contribution in [0.4, 0.5) is 0 Å². The van der Waals surface area contributed by atoms with Crippen LogP contribution in [0.2, 0.25) is 0 Å². The summed E-state index contributed by atoms with van der Waals surface area (Å²) in [5.41, 5.74) is -6.95. The summed E-state index contributed by atoms with van der Waals surface area (Å²) >= 11 is 0. The van der Waals surface area contributed by atoms with Gasteiger partial charge in [-0.2, -0.15) is 0 Å². The van der Waals surface area contributed by atoms with Crippen molar-refractivity contribution < 1.29 is 136 Å². The molecule has 0 bridgehead atoms. The molecule has 0 heterocycles. The zero-order chi connectivity index (χ0) is 56.5. The van der Waals surface area contributed by atoms with E-state index < -0.39 is 103 Å². The minimum Gasteiger partial charge on any atom is -2.00 e. The van der Waals surface area contributed by atoms with Crippen LogP contribution in [0.25, 0.3) is 0 Å². The smallest absolute Gasteiger partial charge is 0.414 e. The molecular weight excluding hydrogens is 1200 g/mol. The standard InChI is InChI=1S/4C12H27O4Si.2Mo.4O/c4*1-10(2,3)14-17(13,15-11(4,5)6)16-12(7,8)9;;;;;;/h4*1-9H3;;;;;;/q4*-1;;;4*-2. The Balaban J connectivity index is -0.0000000898. The number of rotatable bonds is 12. The molecular formula is C48H108Mo2O20Si4-12. The maximum absolute atomic E-state index is 12.6. The first kappa shape index (κ1) is 97.6. The molecule has 0 atom stereocenters. The maximum atomic E-state index is 12.6. The first-order valence-electron chi connectivity index (χ1n) is 23.7. The van der Waals surface area contributed by atoms with Crippen molar-refractivity contribution in [1.29, 1.82) is 0 Å². The normalized spacial score (nSPS) is 13.9. The molecule has 26 heteroatoms. The zero-order valence-corrected chi connectivity index (χ0v) is 61.0. The van der Waals surface area contributed by atoms with E-state index in [1.165, 1.54) is 0 Å². The van der Waals surface area contributed by atoms with Crippen molar-refractivity contribution in [1.82, 2.24) is 0 Å². The number of hydrogen-bond acceptors (Lipinski definition) is 16. The van der Waals surface area contributed by atoms with Crippen molar-refractivity contribution in [2.75, 3.05) is 0 Å². The summed E-state index contributed by atoms with van der Waals surface area (Å²) < 4.78 is 66.2. The molecule has 0 aliphatic heterocycles. The van der Waals surface area contributed by atoms with E-state index in [9.17, 15) is 19.2 Å². The van der Waals surface area contributed by atoms with Crippen molar-refractivity contribution in [2.45, 2.75) is 316 Å². The first-order valence-corrected chi connectivity index (χ1v) is 30.2. The fourth-order valence-corrected chi connectivity index (χ4v) is 14.3. The third-order valence-electron chi connectivity index (χ3n) is 5.17. The molecule has 0 fully saturated rings. The minimum absolute atomic E-state index is 0. The van der Waals surface area contributed by atoms with Crippen LogP contribution in [0.1, 0.15) is 249 Å². The van der Waals surface area contributed by atoms with Crippen molar-refractivity contribution >= 4 is 36.2 Å². The van der Waals surface area contributed by atoms with Crippen LogP contribution in [-0.4, -0.2) is 103 Å². The van der Waals surface area contributed by atoms with Gasteiger partial charge in [-0.15, -0.1) is 0 Å². The monoisotopic (exact) mass is 1310 g/mol. The Bertz CT molecular complexity index is 1050. The van der Waals surface area contributed by atoms with Gasteiger partial charge in [-0.25, -0.2) is 0 Å². The quantitative estimate of drug-likeness (QED) is 0.165. The van der Waals surface area contributed by atoms with Gasteiger partial charge < -0.3 is 94.2 Å². The molecule has 0 N–H and O–H groups in total. The third-order valence-corrected chi connectivity index (χ3v) is 15.5. The molecule has 20 nitrogen and oxygen atoms in total. The Kier molecular flexibility index (Phi) is 44.2. The predicted octanol–water partition coefficient (Wildman–Crippen LogP) is 8.43. The van der Waals surface area contributed by atoms with Crippen molar-refractivity contribution in [2.24, 2.45) is 0 Å². The average molecular weight is 1310 g/mol. The maximum Gasteiger partial charge on any atom is 0.414 e. The summed E-state index contributed by atoms with van der Waals surface area (Å²) in [7, 11) is -15.6. The van der Waals surface area contributed by atoms with Gasteiger partial charge in [0.1, 0.15) is 0 Å². The summed E-state index contributed by atoms with van der Waals surface area (Å²) in [6, 6.07) is 0. The van der Waals surface area contributed by atoms with Crippen LogP contribution in [0.15, 0.2) is 0 Å². The second-order valence-electron chi connectivity index (χ2n) is 28.6. The first-order chi connectivity index (χ1) is 28.5. The molecule has 460 valence electrons. The number of hydrogen-bond donors (Lipinski definition) is 0. The molecule has 0 saturated carbocycles. The molecule has 0 aromatic heterocycles. The largest absolute Gasteiger partial charge is 2.00 e. The Morgan fingerprint density at radius 1 is 0.162 bits per heavy atom. The fourth-order valence-electron chi connectivity index (χ4n) is 4.75. The Morgan fingerprint density at radius 3 is 0.230 bits per heavy atom. The molecule has 74 heavy (non-hydrogen) atoms. The van der Waals surface area contributed by atoms with Gasteiger partial charge in [0.15, 0.2) is 0 Å². The van der Waals surface area contributed by atoms with Crippen LogP contribution in [0.5, 0.6) is 0 Å². The van der Waals surface area contributed by atoms with E-state index in [4.69, 9.17) is 53.1 Å². The predicted molar refractivity (Wildman–Crippen MR) is 276 cm³/mol. The molecule has 0 amide bonds. The van der Waals surface area contributed by atoms with Crippen LogP contribution < -0.4 is 19.2 Å². The van der Waals surface area contributed by atoms with E-state index in [0.717, 1.165) is 0 Å². The second kappa shape index (κ2) is 33.5. The Morgan fingerprint density at radius 2 is 0.203 bits per heavy atom. The SMILES string of the molecule is CC(C)(C)O[Si]([O-])(OC(C)(C)C)OC(C)(C)C.CC(C)(C)O[Si]([O-])(OC(C)(C)C)OC(C)(C)C.CC(C)(C)O[Si]([O-])(OC(C)(C)C)OC(C)(C)C.CC(C)(C)O[Si]([O-])(OC(C)(C)C)OC(C)(C)C.[Mo].[Mo].[O-2].[O-2].[O-2].[O-2]. The summed E-state index contributed by atoms with van der Waals surface area (Å²) in [5, 5.41) is 0. The zero-order valence-electron chi connectivity index (χ0n) is 53.0. The average Bonchev–Trinajstić information content (AvgIpc) is 2.73. The van der Waals surface area contributed by atoms with Gasteiger partial charge in [0.25, 0.3) is 0 Å². The van der Waals surface area contributed by atoms with Crippen molar-refractivity contribution in [3.05, 3.63) is 0 Å². The molecule has 0 rings (SSSR count). The van der Waals surface area contributed by atoms with E-state index in [1.807, 2.05) is 249 Å². The van der Waals surface area contributed by atoms with E-state index in [2.05, 4.69) is 0 Å².